The van der Waals surface area contributed by atoms with Crippen molar-refractivity contribution in [2.24, 2.45) is 5.92 Å². The van der Waals surface area contributed by atoms with Gasteiger partial charge in [0.25, 0.3) is 0 Å². The first-order chi connectivity index (χ1) is 10.2. The lowest BCUT2D eigenvalue weighted by Gasteiger charge is -2.39. The molecule has 0 saturated carbocycles. The first-order valence-electron chi connectivity index (χ1n) is 7.44. The van der Waals surface area contributed by atoms with Crippen molar-refractivity contribution in [3.63, 3.8) is 0 Å². The lowest BCUT2D eigenvalue weighted by Crippen LogP contribution is -2.50. The Kier molecular flexibility index (Phi) is 3.92. The van der Waals surface area contributed by atoms with Crippen LogP contribution in [-0.2, 0) is 11.2 Å². The fourth-order valence-electron chi connectivity index (χ4n) is 3.15. The summed E-state index contributed by atoms with van der Waals surface area (Å²) in [4.78, 5) is 14.4. The summed E-state index contributed by atoms with van der Waals surface area (Å²) in [6.07, 6.45) is 2.27. The first-order valence-corrected chi connectivity index (χ1v) is 7.44. The minimum Gasteiger partial charge on any atom is -0.394 e. The highest BCUT2D eigenvalue weighted by Crippen LogP contribution is 2.25. The van der Waals surface area contributed by atoms with Gasteiger partial charge in [-0.3, -0.25) is 4.79 Å². The Morgan fingerprint density at radius 2 is 2.29 bits per heavy atom. The van der Waals surface area contributed by atoms with Crippen LogP contribution in [0.5, 0.6) is 0 Å². The Balaban J connectivity index is 1.79. The van der Waals surface area contributed by atoms with Crippen molar-refractivity contribution in [2.75, 3.05) is 13.2 Å². The molecule has 1 saturated heterocycles. The fourth-order valence-corrected chi connectivity index (χ4v) is 3.15. The SMILES string of the molecule is CC1CCCN(C(=O)Cc2noc3ccccc23)C1CO. The number of hydrogen-bond donors (Lipinski definition) is 1. The molecule has 2 unspecified atom stereocenters. The molecule has 0 aliphatic carbocycles. The number of aromatic nitrogens is 1. The standard InChI is InChI=1S/C16H20N2O3/c1-11-5-4-8-18(14(11)10-19)16(20)9-13-12-6-2-3-7-15(12)21-17-13/h2-3,6-7,11,14,19H,4-5,8-10H2,1H3. The summed E-state index contributed by atoms with van der Waals surface area (Å²) in [6.45, 7) is 2.82. The number of rotatable bonds is 3. The van der Waals surface area contributed by atoms with Gasteiger partial charge in [-0.1, -0.05) is 24.2 Å². The van der Waals surface area contributed by atoms with Crippen LogP contribution in [0.25, 0.3) is 11.0 Å². The van der Waals surface area contributed by atoms with Gasteiger partial charge >= 0.3 is 0 Å². The van der Waals surface area contributed by atoms with Crippen molar-refractivity contribution in [2.45, 2.75) is 32.2 Å². The van der Waals surface area contributed by atoms with E-state index in [4.69, 9.17) is 4.52 Å². The molecule has 112 valence electrons. The molecule has 0 radical (unpaired) electrons. The van der Waals surface area contributed by atoms with E-state index in [1.807, 2.05) is 24.3 Å². The molecule has 1 N–H and O–H groups in total. The van der Waals surface area contributed by atoms with E-state index in [1.54, 1.807) is 4.90 Å². The Morgan fingerprint density at radius 3 is 3.10 bits per heavy atom. The fraction of sp³-hybridized carbons (Fsp3) is 0.500. The van der Waals surface area contributed by atoms with Gasteiger partial charge in [0.1, 0.15) is 5.69 Å². The summed E-state index contributed by atoms with van der Waals surface area (Å²) < 4.78 is 5.24. The molecule has 2 aromatic rings. The number of hydrogen-bond acceptors (Lipinski definition) is 4. The maximum atomic E-state index is 12.6. The number of benzene rings is 1. The second-order valence-corrected chi connectivity index (χ2v) is 5.76. The number of nitrogens with zero attached hydrogens (tertiary/aromatic N) is 2. The topological polar surface area (TPSA) is 66.6 Å². The van der Waals surface area contributed by atoms with Crippen molar-refractivity contribution in [3.05, 3.63) is 30.0 Å². The average molecular weight is 288 g/mol. The van der Waals surface area contributed by atoms with Crippen molar-refractivity contribution in [1.82, 2.24) is 10.1 Å². The molecule has 1 amide bonds. The molecular formula is C16H20N2O3. The van der Waals surface area contributed by atoms with Crippen LogP contribution in [0.4, 0.5) is 0 Å². The number of fused-ring (bicyclic) bond motifs is 1. The molecule has 1 aliphatic rings. The number of carbonyl (C=O) groups is 1. The molecule has 1 aliphatic heterocycles. The lowest BCUT2D eigenvalue weighted by atomic mass is 9.91. The number of aliphatic hydroxyl groups is 1. The molecule has 5 heteroatoms. The quantitative estimate of drug-likeness (QED) is 0.938. The second kappa shape index (κ2) is 5.85. The highest BCUT2D eigenvalue weighted by molar-refractivity contribution is 5.86. The van der Waals surface area contributed by atoms with Crippen LogP contribution in [0, 0.1) is 5.92 Å². The number of aliphatic hydroxyl groups excluding tert-OH is 1. The van der Waals surface area contributed by atoms with Gasteiger partial charge in [0.15, 0.2) is 5.58 Å². The Labute approximate surface area is 123 Å². The van der Waals surface area contributed by atoms with Crippen LogP contribution in [0.3, 0.4) is 0 Å². The van der Waals surface area contributed by atoms with Crippen LogP contribution >= 0.6 is 0 Å². The van der Waals surface area contributed by atoms with Gasteiger partial charge in [-0.2, -0.15) is 0 Å². The average Bonchev–Trinajstić information content (AvgIpc) is 2.90. The number of piperidine rings is 1. The van der Waals surface area contributed by atoms with Crippen LogP contribution in [0.2, 0.25) is 0 Å². The molecule has 5 nitrogen and oxygen atoms in total. The molecule has 0 bridgehead atoms. The number of para-hydroxylation sites is 1. The van der Waals surface area contributed by atoms with Crippen LogP contribution in [-0.4, -0.2) is 40.3 Å². The van der Waals surface area contributed by atoms with Gasteiger partial charge < -0.3 is 14.5 Å². The van der Waals surface area contributed by atoms with E-state index in [2.05, 4.69) is 12.1 Å². The van der Waals surface area contributed by atoms with E-state index >= 15 is 0 Å². The maximum Gasteiger partial charge on any atom is 0.229 e. The molecule has 2 atom stereocenters. The third kappa shape index (κ3) is 2.65. The monoisotopic (exact) mass is 288 g/mol. The summed E-state index contributed by atoms with van der Waals surface area (Å²) in [7, 11) is 0. The van der Waals surface area contributed by atoms with Crippen molar-refractivity contribution < 1.29 is 14.4 Å². The summed E-state index contributed by atoms with van der Waals surface area (Å²) >= 11 is 0. The van der Waals surface area contributed by atoms with Crippen LogP contribution in [0.1, 0.15) is 25.5 Å². The maximum absolute atomic E-state index is 12.6. The lowest BCUT2D eigenvalue weighted by molar-refractivity contribution is -0.136. The van der Waals surface area contributed by atoms with Crippen LogP contribution in [0.15, 0.2) is 28.8 Å². The van der Waals surface area contributed by atoms with Gasteiger partial charge in [-0.05, 0) is 30.9 Å². The summed E-state index contributed by atoms with van der Waals surface area (Å²) in [5.74, 6) is 0.349. The van der Waals surface area contributed by atoms with E-state index in [1.165, 1.54) is 0 Å². The smallest absolute Gasteiger partial charge is 0.229 e. The van der Waals surface area contributed by atoms with Crippen molar-refractivity contribution in [3.8, 4) is 0 Å². The van der Waals surface area contributed by atoms with Gasteiger partial charge in [0, 0.05) is 11.9 Å². The van der Waals surface area contributed by atoms with E-state index in [9.17, 15) is 9.90 Å². The van der Waals surface area contributed by atoms with Gasteiger partial charge in [-0.15, -0.1) is 0 Å². The summed E-state index contributed by atoms with van der Waals surface area (Å²) in [6, 6.07) is 7.47. The zero-order valence-corrected chi connectivity index (χ0v) is 12.2. The Bertz CT molecular complexity index is 637. The van der Waals surface area contributed by atoms with E-state index in [0.717, 1.165) is 18.2 Å². The number of carbonyl (C=O) groups excluding carboxylic acids is 1. The molecule has 21 heavy (non-hydrogen) atoms. The predicted octanol–water partition coefficient (Wildman–Crippen LogP) is 1.99. The second-order valence-electron chi connectivity index (χ2n) is 5.76. The summed E-state index contributed by atoms with van der Waals surface area (Å²) in [5.41, 5.74) is 1.37. The highest BCUT2D eigenvalue weighted by Gasteiger charge is 2.31. The van der Waals surface area contributed by atoms with Gasteiger partial charge in [-0.25, -0.2) is 0 Å². The largest absolute Gasteiger partial charge is 0.394 e. The molecule has 2 heterocycles. The molecule has 0 spiro atoms. The highest BCUT2D eigenvalue weighted by atomic mass is 16.5. The van der Waals surface area contributed by atoms with Crippen molar-refractivity contribution in [1.29, 1.82) is 0 Å². The van der Waals surface area contributed by atoms with E-state index in [-0.39, 0.29) is 25.0 Å². The number of likely N-dealkylation sites (tertiary alicyclic amines) is 1. The van der Waals surface area contributed by atoms with Gasteiger partial charge in [0.2, 0.25) is 5.91 Å². The normalized spacial score (nSPS) is 22.7. The van der Waals surface area contributed by atoms with Crippen LogP contribution < -0.4 is 0 Å². The third-order valence-corrected chi connectivity index (χ3v) is 4.39. The molecule has 1 fully saturated rings. The minimum absolute atomic E-state index is 0.0136. The molecule has 1 aromatic carbocycles. The summed E-state index contributed by atoms with van der Waals surface area (Å²) in [5, 5.41) is 14.5. The Morgan fingerprint density at radius 1 is 1.48 bits per heavy atom. The minimum atomic E-state index is -0.0792. The van der Waals surface area contributed by atoms with Gasteiger partial charge in [0.05, 0.1) is 19.1 Å². The zero-order valence-electron chi connectivity index (χ0n) is 12.2. The van der Waals surface area contributed by atoms with E-state index < -0.39 is 0 Å². The zero-order chi connectivity index (χ0) is 14.8. The molecular weight excluding hydrogens is 268 g/mol. The third-order valence-electron chi connectivity index (χ3n) is 4.39. The molecule has 1 aromatic heterocycles. The Hall–Kier alpha value is -1.88. The molecule has 3 rings (SSSR count). The predicted molar refractivity (Wildman–Crippen MR) is 78.7 cm³/mol. The van der Waals surface area contributed by atoms with Crippen molar-refractivity contribution >= 4 is 16.9 Å². The first kappa shape index (κ1) is 14.1. The number of amides is 1. The van der Waals surface area contributed by atoms with E-state index in [0.29, 0.717) is 23.7 Å².